The predicted molar refractivity (Wildman–Crippen MR) is 93.8 cm³/mol. The number of aromatic nitrogens is 2. The predicted octanol–water partition coefficient (Wildman–Crippen LogP) is 2.79. The van der Waals surface area contributed by atoms with E-state index in [1.165, 1.54) is 16.8 Å². The summed E-state index contributed by atoms with van der Waals surface area (Å²) in [6, 6.07) is 2.68. The molecule has 1 atom stereocenters. The maximum Gasteiger partial charge on any atom is 0.326 e. The summed E-state index contributed by atoms with van der Waals surface area (Å²) in [7, 11) is 0. The second-order valence-corrected chi connectivity index (χ2v) is 6.34. The minimum atomic E-state index is -1.16. The molecule has 0 saturated carbocycles. The van der Waals surface area contributed by atoms with Crippen LogP contribution in [-0.4, -0.2) is 32.8 Å². The van der Waals surface area contributed by atoms with E-state index in [0.717, 1.165) is 12.5 Å². The molecule has 0 saturated heterocycles. The topological polar surface area (TPSA) is 84.2 Å². The number of allylic oxidation sites excluding steroid dienone is 1. The summed E-state index contributed by atoms with van der Waals surface area (Å²) in [5.41, 5.74) is 1.26. The van der Waals surface area contributed by atoms with Crippen LogP contribution in [0.5, 0.6) is 0 Å². The third-order valence-corrected chi connectivity index (χ3v) is 4.57. The molecule has 0 bridgehead atoms. The summed E-state index contributed by atoms with van der Waals surface area (Å²) in [6.07, 6.45) is 4.10. The maximum absolute atomic E-state index is 14.2. The van der Waals surface area contributed by atoms with Crippen molar-refractivity contribution in [3.63, 3.8) is 0 Å². The van der Waals surface area contributed by atoms with Crippen molar-refractivity contribution in [1.29, 1.82) is 0 Å². The molecule has 0 fully saturated rings. The van der Waals surface area contributed by atoms with Gasteiger partial charge in [0.25, 0.3) is 5.91 Å². The van der Waals surface area contributed by atoms with E-state index in [-0.39, 0.29) is 17.8 Å². The lowest BCUT2D eigenvalue weighted by atomic mass is 10.1. The Hall–Kier alpha value is -3.03. The zero-order chi connectivity index (χ0) is 19.6. The molecule has 142 valence electrons. The van der Waals surface area contributed by atoms with Crippen LogP contribution >= 0.6 is 0 Å². The summed E-state index contributed by atoms with van der Waals surface area (Å²) in [5.74, 6) is -3.84. The zero-order valence-electron chi connectivity index (χ0n) is 14.5. The quantitative estimate of drug-likeness (QED) is 0.729. The molecular formula is C19H19F2N3O3. The molecule has 0 radical (unpaired) electrons. The fourth-order valence-corrected chi connectivity index (χ4v) is 3.24. The summed E-state index contributed by atoms with van der Waals surface area (Å²) >= 11 is 0. The van der Waals surface area contributed by atoms with E-state index >= 15 is 0 Å². The molecule has 6 nitrogen and oxygen atoms in total. The second-order valence-electron chi connectivity index (χ2n) is 6.34. The average molecular weight is 375 g/mol. The summed E-state index contributed by atoms with van der Waals surface area (Å²) in [6.45, 7) is 3.54. The van der Waals surface area contributed by atoms with Crippen LogP contribution in [0.15, 0.2) is 30.9 Å². The fraction of sp³-hybridized carbons (Fsp3) is 0.316. The first-order chi connectivity index (χ1) is 12.9. The molecule has 1 aromatic heterocycles. The fourth-order valence-electron chi connectivity index (χ4n) is 3.24. The van der Waals surface area contributed by atoms with E-state index in [4.69, 9.17) is 0 Å². The van der Waals surface area contributed by atoms with Crippen LogP contribution in [-0.2, 0) is 17.6 Å². The molecule has 0 aliphatic heterocycles. The van der Waals surface area contributed by atoms with Gasteiger partial charge in [0.15, 0.2) is 17.3 Å². The highest BCUT2D eigenvalue weighted by Crippen LogP contribution is 2.29. The highest BCUT2D eigenvalue weighted by atomic mass is 19.2. The number of halogens is 2. The number of carbonyl (C=O) groups excluding carboxylic acids is 1. The molecule has 2 aromatic rings. The first kappa shape index (κ1) is 18.8. The molecule has 1 aliphatic rings. The normalized spacial score (nSPS) is 13.9. The van der Waals surface area contributed by atoms with Crippen molar-refractivity contribution >= 4 is 11.9 Å². The van der Waals surface area contributed by atoms with Gasteiger partial charge >= 0.3 is 5.97 Å². The van der Waals surface area contributed by atoms with Crippen molar-refractivity contribution in [2.75, 3.05) is 0 Å². The Balaban J connectivity index is 1.95. The summed E-state index contributed by atoms with van der Waals surface area (Å²) < 4.78 is 29.0. The van der Waals surface area contributed by atoms with Crippen molar-refractivity contribution in [2.45, 2.75) is 38.1 Å². The molecule has 27 heavy (non-hydrogen) atoms. The van der Waals surface area contributed by atoms with Crippen LogP contribution in [0.3, 0.4) is 0 Å². The van der Waals surface area contributed by atoms with Crippen molar-refractivity contribution in [3.8, 4) is 5.69 Å². The first-order valence-electron chi connectivity index (χ1n) is 8.63. The van der Waals surface area contributed by atoms with E-state index in [2.05, 4.69) is 17.0 Å². The van der Waals surface area contributed by atoms with Crippen LogP contribution < -0.4 is 5.32 Å². The van der Waals surface area contributed by atoms with Crippen molar-refractivity contribution in [1.82, 2.24) is 15.1 Å². The van der Waals surface area contributed by atoms with Crippen LogP contribution in [0.2, 0.25) is 0 Å². The van der Waals surface area contributed by atoms with Crippen LogP contribution in [0.25, 0.3) is 5.69 Å². The number of hydrogen-bond donors (Lipinski definition) is 2. The van der Waals surface area contributed by atoms with Gasteiger partial charge in [0.1, 0.15) is 11.7 Å². The lowest BCUT2D eigenvalue weighted by Gasteiger charge is -2.13. The van der Waals surface area contributed by atoms with Gasteiger partial charge < -0.3 is 10.4 Å². The minimum Gasteiger partial charge on any atom is -0.480 e. The van der Waals surface area contributed by atoms with E-state index in [0.29, 0.717) is 30.5 Å². The summed E-state index contributed by atoms with van der Waals surface area (Å²) in [5, 5.41) is 15.9. The van der Waals surface area contributed by atoms with Gasteiger partial charge in [-0.1, -0.05) is 12.1 Å². The largest absolute Gasteiger partial charge is 0.480 e. The molecule has 1 amide bonds. The van der Waals surface area contributed by atoms with Crippen LogP contribution in [0.4, 0.5) is 8.78 Å². The Bertz CT molecular complexity index is 908. The number of hydrogen-bond acceptors (Lipinski definition) is 3. The molecular weight excluding hydrogens is 356 g/mol. The van der Waals surface area contributed by atoms with Gasteiger partial charge in [0.2, 0.25) is 0 Å². The Morgan fingerprint density at radius 3 is 2.85 bits per heavy atom. The molecule has 8 heteroatoms. The number of carboxylic acids is 1. The number of carboxylic acid groups (broad SMARTS) is 1. The van der Waals surface area contributed by atoms with Crippen molar-refractivity contribution in [3.05, 3.63) is 59.4 Å². The number of amides is 1. The number of rotatable bonds is 7. The molecule has 1 aliphatic carbocycles. The first-order valence-corrected chi connectivity index (χ1v) is 8.63. The Labute approximate surface area is 154 Å². The third-order valence-electron chi connectivity index (χ3n) is 4.57. The second kappa shape index (κ2) is 7.69. The molecule has 1 unspecified atom stereocenters. The molecule has 0 spiro atoms. The highest BCUT2D eigenvalue weighted by Gasteiger charge is 2.30. The van der Waals surface area contributed by atoms with Gasteiger partial charge in [-0.2, -0.15) is 5.10 Å². The molecule has 3 rings (SSSR count). The lowest BCUT2D eigenvalue weighted by molar-refractivity contribution is -0.139. The zero-order valence-corrected chi connectivity index (χ0v) is 14.5. The SMILES string of the molecule is C=CCCC(NC(=O)c1nn(-c2cccc(F)c2F)c2c1CCC2)C(=O)O. The molecule has 1 aromatic carbocycles. The van der Waals surface area contributed by atoms with Gasteiger partial charge in [0.05, 0.1) is 0 Å². The maximum atomic E-state index is 14.2. The van der Waals surface area contributed by atoms with Gasteiger partial charge in [0, 0.05) is 11.3 Å². The van der Waals surface area contributed by atoms with E-state index < -0.39 is 29.6 Å². The number of aliphatic carboxylic acids is 1. The number of fused-ring (bicyclic) bond motifs is 1. The standard InChI is InChI=1S/C19H19F2N3O3/c1-2-3-8-13(19(26)27)22-18(25)17-11-6-4-9-14(11)24(23-17)15-10-5-7-12(20)16(15)21/h2,5,7,10,13H,1,3-4,6,8-9H2,(H,22,25)(H,26,27). The average Bonchev–Trinajstić information content (AvgIpc) is 3.23. The Morgan fingerprint density at radius 1 is 1.37 bits per heavy atom. The van der Waals surface area contributed by atoms with Gasteiger partial charge in [-0.15, -0.1) is 6.58 Å². The third kappa shape index (κ3) is 3.60. The van der Waals surface area contributed by atoms with Gasteiger partial charge in [-0.05, 0) is 44.2 Å². The van der Waals surface area contributed by atoms with Gasteiger partial charge in [-0.3, -0.25) is 4.79 Å². The Morgan fingerprint density at radius 2 is 2.15 bits per heavy atom. The summed E-state index contributed by atoms with van der Waals surface area (Å²) in [4.78, 5) is 24.0. The van der Waals surface area contributed by atoms with Crippen molar-refractivity contribution < 1.29 is 23.5 Å². The van der Waals surface area contributed by atoms with Gasteiger partial charge in [-0.25, -0.2) is 18.3 Å². The van der Waals surface area contributed by atoms with E-state index in [1.54, 1.807) is 6.08 Å². The number of nitrogens with one attached hydrogen (secondary N) is 1. The highest BCUT2D eigenvalue weighted by molar-refractivity contribution is 5.96. The molecule has 1 heterocycles. The monoisotopic (exact) mass is 375 g/mol. The number of nitrogens with zero attached hydrogens (tertiary/aromatic N) is 2. The number of carbonyl (C=O) groups is 2. The van der Waals surface area contributed by atoms with Crippen molar-refractivity contribution in [2.24, 2.45) is 0 Å². The van der Waals surface area contributed by atoms with Crippen LogP contribution in [0.1, 0.15) is 41.0 Å². The van der Waals surface area contributed by atoms with E-state index in [9.17, 15) is 23.5 Å². The molecule has 2 N–H and O–H groups in total. The number of benzene rings is 1. The van der Waals surface area contributed by atoms with Crippen LogP contribution in [0, 0.1) is 11.6 Å². The smallest absolute Gasteiger partial charge is 0.326 e. The Kier molecular flexibility index (Phi) is 5.34. The lowest BCUT2D eigenvalue weighted by Crippen LogP contribution is -2.41. The van der Waals surface area contributed by atoms with E-state index in [1.807, 2.05) is 0 Å². The minimum absolute atomic E-state index is 0.0519.